The van der Waals surface area contributed by atoms with Crippen molar-refractivity contribution in [3.8, 4) is 0 Å². The Labute approximate surface area is 91.6 Å². The molecule has 0 bridgehead atoms. The Morgan fingerprint density at radius 3 is 2.07 bits per heavy atom. The first-order chi connectivity index (χ1) is 6.66. The summed E-state index contributed by atoms with van der Waals surface area (Å²) in [7, 11) is 2.88. The Kier molecular flexibility index (Phi) is 4.74. The maximum Gasteiger partial charge on any atom is 0.335 e. The topological polar surface area (TPSA) is 55.8 Å². The molecule has 0 saturated heterocycles. The normalized spacial score (nSPS) is 14.9. The summed E-state index contributed by atoms with van der Waals surface area (Å²) in [5, 5.41) is 9.77. The van der Waals surface area contributed by atoms with Crippen molar-refractivity contribution in [3.63, 3.8) is 0 Å². The van der Waals surface area contributed by atoms with Gasteiger partial charge < -0.3 is 14.6 Å². The maximum absolute atomic E-state index is 11.2. The lowest BCUT2D eigenvalue weighted by molar-refractivity contribution is -0.159. The number of carbonyl (C=O) groups excluding carboxylic acids is 1. The van der Waals surface area contributed by atoms with Gasteiger partial charge in [-0.25, -0.2) is 4.79 Å². The first kappa shape index (κ1) is 14.4. The second-order valence-electron chi connectivity index (χ2n) is 5.05. The van der Waals surface area contributed by atoms with Gasteiger partial charge in [0.15, 0.2) is 6.10 Å². The number of aliphatic hydroxyl groups excluding tert-OH is 1. The van der Waals surface area contributed by atoms with Crippen LogP contribution in [0.2, 0.25) is 0 Å². The Hall–Kier alpha value is -0.610. The second-order valence-corrected chi connectivity index (χ2v) is 5.05. The number of esters is 1. The van der Waals surface area contributed by atoms with Gasteiger partial charge in [0.1, 0.15) is 0 Å². The molecule has 1 N–H and O–H groups in total. The van der Waals surface area contributed by atoms with Gasteiger partial charge in [-0.15, -0.1) is 0 Å². The van der Waals surface area contributed by atoms with E-state index in [-0.39, 0.29) is 5.60 Å². The van der Waals surface area contributed by atoms with Crippen LogP contribution in [0, 0.1) is 5.41 Å². The minimum absolute atomic E-state index is 0.376. The third-order valence-corrected chi connectivity index (χ3v) is 2.60. The van der Waals surface area contributed by atoms with Crippen LogP contribution in [0.4, 0.5) is 0 Å². The summed E-state index contributed by atoms with van der Waals surface area (Å²) in [5.41, 5.74) is -0.953. The molecule has 0 heterocycles. The molecule has 0 spiro atoms. The average Bonchev–Trinajstić information content (AvgIpc) is 2.14. The number of ether oxygens (including phenoxy) is 2. The van der Waals surface area contributed by atoms with Crippen molar-refractivity contribution in [2.45, 2.75) is 45.8 Å². The van der Waals surface area contributed by atoms with Crippen LogP contribution in [0.1, 0.15) is 34.1 Å². The molecule has 0 amide bonds. The largest absolute Gasteiger partial charge is 0.467 e. The Morgan fingerprint density at radius 2 is 1.73 bits per heavy atom. The van der Waals surface area contributed by atoms with Crippen molar-refractivity contribution in [2.24, 2.45) is 5.41 Å². The standard InChI is InChI=1S/C11H22O4/c1-10(2,7-11(3,4)15-6)8(12)9(13)14-5/h8,12H,7H2,1-6H3. The predicted octanol–water partition coefficient (Wildman–Crippen LogP) is 1.36. The van der Waals surface area contributed by atoms with Crippen LogP contribution in [0.15, 0.2) is 0 Å². The van der Waals surface area contributed by atoms with Gasteiger partial charge in [-0.2, -0.15) is 0 Å². The monoisotopic (exact) mass is 218 g/mol. The van der Waals surface area contributed by atoms with Gasteiger partial charge in [-0.05, 0) is 20.3 Å². The van der Waals surface area contributed by atoms with E-state index in [1.165, 1.54) is 7.11 Å². The molecule has 15 heavy (non-hydrogen) atoms. The fourth-order valence-electron chi connectivity index (χ4n) is 1.70. The molecule has 0 aliphatic heterocycles. The Bertz CT molecular complexity index is 221. The number of aliphatic hydroxyl groups is 1. The average molecular weight is 218 g/mol. The van der Waals surface area contributed by atoms with Crippen molar-refractivity contribution < 1.29 is 19.4 Å². The number of methoxy groups -OCH3 is 2. The SMILES string of the molecule is COC(=O)C(O)C(C)(C)CC(C)(C)OC. The lowest BCUT2D eigenvalue weighted by Crippen LogP contribution is -2.42. The number of hydrogen-bond acceptors (Lipinski definition) is 4. The zero-order valence-electron chi connectivity index (χ0n) is 10.5. The minimum Gasteiger partial charge on any atom is -0.467 e. The molecule has 0 saturated carbocycles. The van der Waals surface area contributed by atoms with Crippen LogP contribution < -0.4 is 0 Å². The third kappa shape index (κ3) is 4.18. The zero-order chi connectivity index (χ0) is 12.3. The quantitative estimate of drug-likeness (QED) is 0.708. The van der Waals surface area contributed by atoms with Gasteiger partial charge in [0.2, 0.25) is 0 Å². The van der Waals surface area contributed by atoms with Gasteiger partial charge >= 0.3 is 5.97 Å². The van der Waals surface area contributed by atoms with Gasteiger partial charge in [-0.1, -0.05) is 13.8 Å². The molecule has 0 aliphatic carbocycles. The molecule has 90 valence electrons. The van der Waals surface area contributed by atoms with Crippen LogP contribution >= 0.6 is 0 Å². The molecule has 0 aliphatic rings. The molecule has 4 nitrogen and oxygen atoms in total. The Morgan fingerprint density at radius 1 is 1.27 bits per heavy atom. The summed E-state index contributed by atoms with van der Waals surface area (Å²) in [5.74, 6) is -0.605. The smallest absolute Gasteiger partial charge is 0.335 e. The van der Waals surface area contributed by atoms with Gasteiger partial charge in [0.05, 0.1) is 12.7 Å². The summed E-state index contributed by atoms with van der Waals surface area (Å²) >= 11 is 0. The Balaban J connectivity index is 4.61. The summed E-state index contributed by atoms with van der Waals surface area (Å²) in [6.45, 7) is 7.46. The molecular weight excluding hydrogens is 196 g/mol. The highest BCUT2D eigenvalue weighted by Gasteiger charge is 2.38. The number of carbonyl (C=O) groups is 1. The number of hydrogen-bond donors (Lipinski definition) is 1. The van der Waals surface area contributed by atoms with E-state index in [1.807, 2.05) is 27.7 Å². The zero-order valence-corrected chi connectivity index (χ0v) is 10.5. The predicted molar refractivity (Wildman–Crippen MR) is 57.5 cm³/mol. The van der Waals surface area contributed by atoms with E-state index >= 15 is 0 Å². The van der Waals surface area contributed by atoms with Crippen molar-refractivity contribution in [3.05, 3.63) is 0 Å². The minimum atomic E-state index is -1.13. The van der Waals surface area contributed by atoms with E-state index in [0.717, 1.165) is 0 Å². The van der Waals surface area contributed by atoms with Gasteiger partial charge in [-0.3, -0.25) is 0 Å². The lowest BCUT2D eigenvalue weighted by atomic mass is 9.77. The fourth-order valence-corrected chi connectivity index (χ4v) is 1.70. The van der Waals surface area contributed by atoms with Gasteiger partial charge in [0.25, 0.3) is 0 Å². The summed E-state index contributed by atoms with van der Waals surface area (Å²) in [6.07, 6.45) is -0.566. The van der Waals surface area contributed by atoms with Crippen LogP contribution in [0.3, 0.4) is 0 Å². The van der Waals surface area contributed by atoms with E-state index in [4.69, 9.17) is 4.74 Å². The van der Waals surface area contributed by atoms with Crippen molar-refractivity contribution >= 4 is 5.97 Å². The second kappa shape index (κ2) is 4.94. The molecule has 4 heteroatoms. The molecule has 1 unspecified atom stereocenters. The molecule has 0 aromatic rings. The van der Waals surface area contributed by atoms with Crippen LogP contribution in [-0.2, 0) is 14.3 Å². The molecule has 1 atom stereocenters. The van der Waals surface area contributed by atoms with Crippen molar-refractivity contribution in [1.82, 2.24) is 0 Å². The third-order valence-electron chi connectivity index (χ3n) is 2.60. The molecule has 0 aromatic heterocycles. The van der Waals surface area contributed by atoms with E-state index in [0.29, 0.717) is 6.42 Å². The lowest BCUT2D eigenvalue weighted by Gasteiger charge is -2.36. The summed E-state index contributed by atoms with van der Waals surface area (Å²) < 4.78 is 9.79. The highest BCUT2D eigenvalue weighted by atomic mass is 16.5. The highest BCUT2D eigenvalue weighted by molar-refractivity contribution is 5.75. The van der Waals surface area contributed by atoms with Crippen LogP contribution in [-0.4, -0.2) is 37.0 Å². The summed E-state index contributed by atoms with van der Waals surface area (Å²) in [6, 6.07) is 0. The highest BCUT2D eigenvalue weighted by Crippen LogP contribution is 2.33. The summed E-state index contributed by atoms with van der Waals surface area (Å²) in [4.78, 5) is 11.2. The van der Waals surface area contributed by atoms with E-state index in [1.54, 1.807) is 7.11 Å². The molecule has 0 aromatic carbocycles. The molecular formula is C11H22O4. The fraction of sp³-hybridized carbons (Fsp3) is 0.909. The molecule has 0 radical (unpaired) electrons. The van der Waals surface area contributed by atoms with Crippen molar-refractivity contribution in [2.75, 3.05) is 14.2 Å². The first-order valence-electron chi connectivity index (χ1n) is 4.97. The van der Waals surface area contributed by atoms with Crippen LogP contribution in [0.25, 0.3) is 0 Å². The first-order valence-corrected chi connectivity index (χ1v) is 4.97. The van der Waals surface area contributed by atoms with Crippen LogP contribution in [0.5, 0.6) is 0 Å². The van der Waals surface area contributed by atoms with Gasteiger partial charge in [0, 0.05) is 12.5 Å². The molecule has 0 rings (SSSR count). The van der Waals surface area contributed by atoms with E-state index in [9.17, 15) is 9.90 Å². The number of rotatable bonds is 5. The maximum atomic E-state index is 11.2. The van der Waals surface area contributed by atoms with Crippen molar-refractivity contribution in [1.29, 1.82) is 0 Å². The molecule has 0 fully saturated rings. The van der Waals surface area contributed by atoms with E-state index < -0.39 is 17.5 Å². The van der Waals surface area contributed by atoms with E-state index in [2.05, 4.69) is 4.74 Å².